The molecule has 0 spiro atoms. The van der Waals surface area contributed by atoms with E-state index in [4.69, 9.17) is 0 Å². The predicted octanol–water partition coefficient (Wildman–Crippen LogP) is 3.92. The Morgan fingerprint density at radius 2 is 1.41 bits per heavy atom. The van der Waals surface area contributed by atoms with Crippen molar-refractivity contribution >= 4 is 6.41 Å². The summed E-state index contributed by atoms with van der Waals surface area (Å²) in [4.78, 5) is 9.57. The molecular formula is C15H29NO. The van der Waals surface area contributed by atoms with E-state index in [-0.39, 0.29) is 0 Å². The minimum atomic E-state index is 0.732. The SMILES string of the molecule is C#C.C1CCCCC1.C=C.CCCCNC=O. The first-order valence-corrected chi connectivity index (χ1v) is 6.42. The number of nitrogens with one attached hydrogen (secondary N) is 1. The molecule has 2 heteroatoms. The van der Waals surface area contributed by atoms with E-state index in [0.717, 1.165) is 25.8 Å². The Kier molecular flexibility index (Phi) is 36.4. The van der Waals surface area contributed by atoms with Crippen LogP contribution in [0, 0.1) is 12.8 Å². The van der Waals surface area contributed by atoms with E-state index in [2.05, 4.69) is 38.2 Å². The highest BCUT2D eigenvalue weighted by atomic mass is 16.1. The molecule has 0 aromatic rings. The van der Waals surface area contributed by atoms with Crippen LogP contribution in [0.3, 0.4) is 0 Å². The summed E-state index contributed by atoms with van der Waals surface area (Å²) in [5.74, 6) is 0. The zero-order valence-electron chi connectivity index (χ0n) is 11.4. The van der Waals surface area contributed by atoms with Gasteiger partial charge in [0.2, 0.25) is 6.41 Å². The van der Waals surface area contributed by atoms with Gasteiger partial charge in [-0.05, 0) is 6.42 Å². The van der Waals surface area contributed by atoms with Crippen molar-refractivity contribution in [3.63, 3.8) is 0 Å². The van der Waals surface area contributed by atoms with Crippen LogP contribution in [0.25, 0.3) is 0 Å². The lowest BCUT2D eigenvalue weighted by Gasteiger charge is -2.05. The van der Waals surface area contributed by atoms with Crippen LogP contribution < -0.4 is 5.32 Å². The van der Waals surface area contributed by atoms with E-state index < -0.39 is 0 Å². The molecule has 0 unspecified atom stereocenters. The van der Waals surface area contributed by atoms with Crippen molar-refractivity contribution in [2.24, 2.45) is 0 Å². The molecule has 1 aliphatic rings. The van der Waals surface area contributed by atoms with E-state index in [1.807, 2.05) is 0 Å². The van der Waals surface area contributed by atoms with Crippen molar-refractivity contribution in [3.05, 3.63) is 13.2 Å². The molecule has 0 aromatic carbocycles. The Hall–Kier alpha value is -1.23. The summed E-state index contributed by atoms with van der Waals surface area (Å²) in [7, 11) is 0. The van der Waals surface area contributed by atoms with Crippen molar-refractivity contribution < 1.29 is 4.79 Å². The fourth-order valence-corrected chi connectivity index (χ4v) is 1.40. The van der Waals surface area contributed by atoms with Crippen LogP contribution in [-0.4, -0.2) is 13.0 Å². The van der Waals surface area contributed by atoms with E-state index in [1.54, 1.807) is 0 Å². The molecule has 0 atom stereocenters. The monoisotopic (exact) mass is 239 g/mol. The quantitative estimate of drug-likeness (QED) is 0.342. The number of amides is 1. The topological polar surface area (TPSA) is 29.1 Å². The number of carbonyl (C=O) groups excluding carboxylic acids is 1. The third-order valence-electron chi connectivity index (χ3n) is 2.26. The highest BCUT2D eigenvalue weighted by Crippen LogP contribution is 2.15. The van der Waals surface area contributed by atoms with Gasteiger partial charge in [0.05, 0.1) is 0 Å². The first-order chi connectivity index (χ1) is 8.41. The van der Waals surface area contributed by atoms with Crippen LogP contribution >= 0.6 is 0 Å². The molecule has 0 aromatic heterocycles. The molecule has 0 saturated heterocycles. The lowest BCUT2D eigenvalue weighted by atomic mass is 10.0. The molecular weight excluding hydrogens is 210 g/mol. The van der Waals surface area contributed by atoms with Gasteiger partial charge in [0.25, 0.3) is 0 Å². The average Bonchev–Trinajstić information content (AvgIpc) is 2.46. The summed E-state index contributed by atoms with van der Waals surface area (Å²) < 4.78 is 0. The molecule has 100 valence electrons. The minimum absolute atomic E-state index is 0.732. The summed E-state index contributed by atoms with van der Waals surface area (Å²) in [6.45, 7) is 8.91. The predicted molar refractivity (Wildman–Crippen MR) is 77.8 cm³/mol. The molecule has 1 amide bonds. The third-order valence-corrected chi connectivity index (χ3v) is 2.26. The standard InChI is InChI=1S/C6H12.C5H11NO.C2H4.C2H2/c1-2-4-6-5-3-1;1-2-3-4-6-5-7;2*1-2/h1-6H2;5H,2-4H2,1H3,(H,6,7);1-2H2;1-2H. The van der Waals surface area contributed by atoms with Crippen molar-refractivity contribution in [2.75, 3.05) is 6.54 Å². The van der Waals surface area contributed by atoms with Gasteiger partial charge in [-0.15, -0.1) is 26.0 Å². The third kappa shape index (κ3) is 31.3. The Bertz CT molecular complexity index is 128. The van der Waals surface area contributed by atoms with Crippen molar-refractivity contribution in [3.8, 4) is 12.8 Å². The molecule has 1 rings (SSSR count). The lowest BCUT2D eigenvalue weighted by molar-refractivity contribution is -0.109. The van der Waals surface area contributed by atoms with E-state index in [0.29, 0.717) is 0 Å². The number of terminal acetylenes is 1. The maximum Gasteiger partial charge on any atom is 0.207 e. The van der Waals surface area contributed by atoms with Gasteiger partial charge >= 0.3 is 0 Å². The second-order valence-corrected chi connectivity index (χ2v) is 3.55. The van der Waals surface area contributed by atoms with Gasteiger partial charge in [-0.2, -0.15) is 0 Å². The summed E-state index contributed by atoms with van der Waals surface area (Å²) in [5.41, 5.74) is 0. The molecule has 1 saturated carbocycles. The number of rotatable bonds is 4. The Morgan fingerprint density at radius 3 is 1.65 bits per heavy atom. The Morgan fingerprint density at radius 1 is 1.06 bits per heavy atom. The average molecular weight is 239 g/mol. The highest BCUT2D eigenvalue weighted by Gasteiger charge is 1.95. The van der Waals surface area contributed by atoms with Gasteiger partial charge in [0.1, 0.15) is 0 Å². The van der Waals surface area contributed by atoms with Gasteiger partial charge in [-0.3, -0.25) is 4.79 Å². The number of hydrogen-bond acceptors (Lipinski definition) is 1. The second-order valence-electron chi connectivity index (χ2n) is 3.55. The van der Waals surface area contributed by atoms with E-state index >= 15 is 0 Å². The summed E-state index contributed by atoms with van der Waals surface area (Å²) in [5, 5.41) is 2.57. The number of unbranched alkanes of at least 4 members (excludes halogenated alkanes) is 1. The van der Waals surface area contributed by atoms with Crippen LogP contribution in [0.4, 0.5) is 0 Å². The molecule has 0 radical (unpaired) electrons. The van der Waals surface area contributed by atoms with Gasteiger partial charge in [0.15, 0.2) is 0 Å². The molecule has 0 bridgehead atoms. The molecule has 0 heterocycles. The molecule has 1 N–H and O–H groups in total. The Balaban J connectivity index is -0.000000179. The largest absolute Gasteiger partial charge is 0.359 e. The normalized spacial score (nSPS) is 12.2. The maximum atomic E-state index is 9.57. The lowest BCUT2D eigenvalue weighted by Crippen LogP contribution is -2.11. The van der Waals surface area contributed by atoms with E-state index in [9.17, 15) is 4.79 Å². The number of hydrogen-bond donors (Lipinski definition) is 1. The molecule has 1 aliphatic carbocycles. The van der Waals surface area contributed by atoms with Gasteiger partial charge in [-0.1, -0.05) is 51.9 Å². The van der Waals surface area contributed by atoms with Crippen molar-refractivity contribution in [1.82, 2.24) is 5.32 Å². The maximum absolute atomic E-state index is 9.57. The van der Waals surface area contributed by atoms with Gasteiger partial charge in [0, 0.05) is 6.54 Å². The fourth-order valence-electron chi connectivity index (χ4n) is 1.40. The fraction of sp³-hybridized carbons (Fsp3) is 0.667. The summed E-state index contributed by atoms with van der Waals surface area (Å²) in [6.07, 6.45) is 20.0. The van der Waals surface area contributed by atoms with Crippen LogP contribution in [0.5, 0.6) is 0 Å². The first-order valence-electron chi connectivity index (χ1n) is 6.42. The van der Waals surface area contributed by atoms with Gasteiger partial charge < -0.3 is 5.32 Å². The molecule has 2 nitrogen and oxygen atoms in total. The van der Waals surface area contributed by atoms with Crippen LogP contribution in [0.1, 0.15) is 58.3 Å². The molecule has 1 fully saturated rings. The highest BCUT2D eigenvalue weighted by molar-refractivity contribution is 5.45. The smallest absolute Gasteiger partial charge is 0.207 e. The van der Waals surface area contributed by atoms with Crippen molar-refractivity contribution in [2.45, 2.75) is 58.3 Å². The Labute approximate surface area is 108 Å². The summed E-state index contributed by atoms with van der Waals surface area (Å²) in [6, 6.07) is 0. The van der Waals surface area contributed by atoms with Crippen LogP contribution in [0.2, 0.25) is 0 Å². The first kappa shape index (κ1) is 21.1. The van der Waals surface area contributed by atoms with Crippen LogP contribution in [0.15, 0.2) is 13.2 Å². The molecule has 0 aliphatic heterocycles. The van der Waals surface area contributed by atoms with E-state index in [1.165, 1.54) is 38.5 Å². The molecule has 17 heavy (non-hydrogen) atoms. The van der Waals surface area contributed by atoms with Gasteiger partial charge in [-0.25, -0.2) is 0 Å². The van der Waals surface area contributed by atoms with Crippen LogP contribution in [-0.2, 0) is 4.79 Å². The number of carbonyl (C=O) groups is 1. The second kappa shape index (κ2) is 29.3. The zero-order valence-corrected chi connectivity index (χ0v) is 11.4. The summed E-state index contributed by atoms with van der Waals surface area (Å²) >= 11 is 0. The zero-order chi connectivity index (χ0) is 13.8. The minimum Gasteiger partial charge on any atom is -0.359 e. The van der Waals surface area contributed by atoms with Crippen molar-refractivity contribution in [1.29, 1.82) is 0 Å².